The molecule has 2 aliphatic heterocycles. The average molecular weight is 402 g/mol. The molecule has 2 fully saturated rings. The molecule has 29 heavy (non-hydrogen) atoms. The summed E-state index contributed by atoms with van der Waals surface area (Å²) in [6.45, 7) is 2.13. The zero-order chi connectivity index (χ0) is 20.8. The fourth-order valence-corrected chi connectivity index (χ4v) is 4.95. The summed E-state index contributed by atoms with van der Waals surface area (Å²) in [5.41, 5.74) is 0.696. The summed E-state index contributed by atoms with van der Waals surface area (Å²) >= 11 is 0. The SMILES string of the molecule is CN[C@H]1CCCC[C@]1(C)Nc1ccc2c(c1F)CN(C1CCC(=O)NC1=O)C2=O. The van der Waals surface area contributed by atoms with Crippen molar-refractivity contribution in [2.45, 2.75) is 69.6 Å². The maximum atomic E-state index is 15.4. The lowest BCUT2D eigenvalue weighted by Crippen LogP contribution is -2.54. The zero-order valence-corrected chi connectivity index (χ0v) is 16.8. The molecule has 7 nitrogen and oxygen atoms in total. The highest BCUT2D eigenvalue weighted by atomic mass is 19.1. The molecule has 0 aromatic heterocycles. The van der Waals surface area contributed by atoms with E-state index in [9.17, 15) is 14.4 Å². The van der Waals surface area contributed by atoms with Gasteiger partial charge in [0.15, 0.2) is 5.82 Å². The third kappa shape index (κ3) is 3.39. The van der Waals surface area contributed by atoms with Gasteiger partial charge in [-0.05, 0) is 45.4 Å². The third-order valence-electron chi connectivity index (χ3n) is 6.63. The molecule has 1 saturated heterocycles. The highest BCUT2D eigenvalue weighted by molar-refractivity contribution is 6.05. The minimum absolute atomic E-state index is 0.0357. The minimum atomic E-state index is -0.743. The van der Waals surface area contributed by atoms with E-state index in [4.69, 9.17) is 0 Å². The Labute approximate surface area is 169 Å². The Morgan fingerprint density at radius 2 is 2.00 bits per heavy atom. The number of carbonyl (C=O) groups is 3. The number of halogens is 1. The van der Waals surface area contributed by atoms with Crippen molar-refractivity contribution in [3.05, 3.63) is 29.1 Å². The molecule has 3 aliphatic rings. The number of likely N-dealkylation sites (N-methyl/N-ethyl adjacent to an activating group) is 1. The minimum Gasteiger partial charge on any atom is -0.376 e. The van der Waals surface area contributed by atoms with E-state index >= 15 is 4.39 Å². The molecule has 3 amide bonds. The molecule has 3 atom stereocenters. The van der Waals surface area contributed by atoms with Crippen LogP contribution in [0.25, 0.3) is 0 Å². The fraction of sp³-hybridized carbons (Fsp3) is 0.571. The van der Waals surface area contributed by atoms with E-state index in [-0.39, 0.29) is 48.3 Å². The van der Waals surface area contributed by atoms with Crippen molar-refractivity contribution < 1.29 is 18.8 Å². The van der Waals surface area contributed by atoms with Crippen LogP contribution in [0.15, 0.2) is 12.1 Å². The molecular weight excluding hydrogens is 375 g/mol. The lowest BCUT2D eigenvalue weighted by Gasteiger charge is -2.43. The lowest BCUT2D eigenvalue weighted by atomic mass is 9.78. The second kappa shape index (κ2) is 7.40. The summed E-state index contributed by atoms with van der Waals surface area (Å²) in [6, 6.07) is 2.74. The van der Waals surface area contributed by atoms with Crippen molar-refractivity contribution in [3.63, 3.8) is 0 Å². The van der Waals surface area contributed by atoms with Crippen molar-refractivity contribution in [3.8, 4) is 0 Å². The summed E-state index contributed by atoms with van der Waals surface area (Å²) in [5, 5.41) is 8.99. The van der Waals surface area contributed by atoms with E-state index in [0.717, 1.165) is 25.7 Å². The largest absolute Gasteiger partial charge is 0.376 e. The first-order valence-electron chi connectivity index (χ1n) is 10.3. The first-order valence-corrected chi connectivity index (χ1v) is 10.3. The van der Waals surface area contributed by atoms with Gasteiger partial charge in [-0.2, -0.15) is 0 Å². The number of rotatable bonds is 4. The van der Waals surface area contributed by atoms with E-state index in [1.165, 1.54) is 4.90 Å². The maximum Gasteiger partial charge on any atom is 0.255 e. The Morgan fingerprint density at radius 3 is 2.72 bits per heavy atom. The smallest absolute Gasteiger partial charge is 0.255 e. The number of hydrogen-bond donors (Lipinski definition) is 3. The molecule has 0 spiro atoms. The molecule has 8 heteroatoms. The third-order valence-corrected chi connectivity index (χ3v) is 6.63. The van der Waals surface area contributed by atoms with E-state index in [1.54, 1.807) is 12.1 Å². The van der Waals surface area contributed by atoms with Crippen molar-refractivity contribution in [2.24, 2.45) is 0 Å². The molecule has 1 aromatic rings. The van der Waals surface area contributed by atoms with Gasteiger partial charge in [-0.15, -0.1) is 0 Å². The predicted octanol–water partition coefficient (Wildman–Crippen LogP) is 1.92. The number of anilines is 1. The van der Waals surface area contributed by atoms with Crippen molar-refractivity contribution in [2.75, 3.05) is 12.4 Å². The van der Waals surface area contributed by atoms with Crippen molar-refractivity contribution >= 4 is 23.4 Å². The van der Waals surface area contributed by atoms with Gasteiger partial charge in [0.05, 0.1) is 12.2 Å². The van der Waals surface area contributed by atoms with Crippen LogP contribution in [0, 0.1) is 5.82 Å². The number of benzene rings is 1. The number of piperidine rings is 1. The molecule has 2 heterocycles. The average Bonchev–Trinajstić information content (AvgIpc) is 3.01. The Hall–Kier alpha value is -2.48. The summed E-state index contributed by atoms with van der Waals surface area (Å²) < 4.78 is 15.4. The molecule has 1 aliphatic carbocycles. The number of amides is 3. The van der Waals surface area contributed by atoms with Gasteiger partial charge < -0.3 is 15.5 Å². The fourth-order valence-electron chi connectivity index (χ4n) is 4.95. The molecule has 0 bridgehead atoms. The molecule has 1 saturated carbocycles. The predicted molar refractivity (Wildman–Crippen MR) is 106 cm³/mol. The number of fused-ring (bicyclic) bond motifs is 1. The van der Waals surface area contributed by atoms with E-state index in [0.29, 0.717) is 11.3 Å². The van der Waals surface area contributed by atoms with Crippen LogP contribution in [0.1, 0.15) is 61.4 Å². The first kappa shape index (κ1) is 19.8. The monoisotopic (exact) mass is 402 g/mol. The van der Waals surface area contributed by atoms with Gasteiger partial charge in [-0.3, -0.25) is 19.7 Å². The van der Waals surface area contributed by atoms with Crippen molar-refractivity contribution in [1.82, 2.24) is 15.5 Å². The molecule has 3 N–H and O–H groups in total. The molecule has 4 rings (SSSR count). The van der Waals surface area contributed by atoms with Gasteiger partial charge in [-0.1, -0.05) is 12.8 Å². The normalized spacial score (nSPS) is 29.6. The molecule has 1 unspecified atom stereocenters. The summed E-state index contributed by atoms with van der Waals surface area (Å²) in [4.78, 5) is 37.7. The van der Waals surface area contributed by atoms with Gasteiger partial charge in [0.2, 0.25) is 11.8 Å². The van der Waals surface area contributed by atoms with Gasteiger partial charge in [0.25, 0.3) is 5.91 Å². The second-order valence-corrected chi connectivity index (χ2v) is 8.48. The van der Waals surface area contributed by atoms with Crippen LogP contribution >= 0.6 is 0 Å². The van der Waals surface area contributed by atoms with Crippen LogP contribution in [0.2, 0.25) is 0 Å². The molecule has 0 radical (unpaired) electrons. The van der Waals surface area contributed by atoms with Gasteiger partial charge in [-0.25, -0.2) is 4.39 Å². The summed E-state index contributed by atoms with van der Waals surface area (Å²) in [5.74, 6) is -1.63. The highest BCUT2D eigenvalue weighted by Crippen LogP contribution is 2.36. The first-order chi connectivity index (χ1) is 13.8. The van der Waals surface area contributed by atoms with Gasteiger partial charge in [0, 0.05) is 29.1 Å². The highest BCUT2D eigenvalue weighted by Gasteiger charge is 2.41. The van der Waals surface area contributed by atoms with Gasteiger partial charge >= 0.3 is 0 Å². The lowest BCUT2D eigenvalue weighted by molar-refractivity contribution is -0.136. The second-order valence-electron chi connectivity index (χ2n) is 8.48. The number of nitrogens with one attached hydrogen (secondary N) is 3. The molecular formula is C21H27FN4O3. The van der Waals surface area contributed by atoms with Crippen LogP contribution < -0.4 is 16.0 Å². The standard InChI is InChI=1S/C21H27FN4O3/c1-21(10-4-3-5-16(21)23-2)25-14-7-6-12-13(18(14)22)11-26(20(12)29)15-8-9-17(27)24-19(15)28/h6-7,15-16,23,25H,3-5,8-11H2,1-2H3,(H,24,27,28)/t15?,16-,21-/m0/s1. The van der Waals surface area contributed by atoms with Crippen LogP contribution in [0.5, 0.6) is 0 Å². The number of imide groups is 1. The number of hydrogen-bond acceptors (Lipinski definition) is 5. The van der Waals surface area contributed by atoms with E-state index in [2.05, 4.69) is 22.9 Å². The molecule has 156 valence electrons. The van der Waals surface area contributed by atoms with Crippen LogP contribution in [-0.4, -0.2) is 47.3 Å². The Kier molecular flexibility index (Phi) is 5.06. The van der Waals surface area contributed by atoms with Crippen LogP contribution in [-0.2, 0) is 16.1 Å². The quantitative estimate of drug-likeness (QED) is 0.670. The maximum absolute atomic E-state index is 15.4. The topological polar surface area (TPSA) is 90.5 Å². The Bertz CT molecular complexity index is 874. The molecule has 1 aromatic carbocycles. The van der Waals surface area contributed by atoms with Crippen LogP contribution in [0.3, 0.4) is 0 Å². The Morgan fingerprint density at radius 1 is 1.21 bits per heavy atom. The zero-order valence-electron chi connectivity index (χ0n) is 16.8. The number of carbonyl (C=O) groups excluding carboxylic acids is 3. The van der Waals surface area contributed by atoms with Crippen molar-refractivity contribution in [1.29, 1.82) is 0 Å². The van der Waals surface area contributed by atoms with Crippen LogP contribution in [0.4, 0.5) is 10.1 Å². The Balaban J connectivity index is 1.58. The van der Waals surface area contributed by atoms with E-state index < -0.39 is 17.8 Å². The van der Waals surface area contributed by atoms with E-state index in [1.807, 2.05) is 7.05 Å². The summed E-state index contributed by atoms with van der Waals surface area (Å²) in [6.07, 6.45) is 4.61. The van der Waals surface area contributed by atoms with Gasteiger partial charge in [0.1, 0.15) is 6.04 Å². The summed E-state index contributed by atoms with van der Waals surface area (Å²) in [7, 11) is 1.92. The number of nitrogens with zero attached hydrogens (tertiary/aromatic N) is 1.